The fraction of sp³-hybridized carbons (Fsp3) is 0.286. The van der Waals surface area contributed by atoms with Gasteiger partial charge in [0.25, 0.3) is 0 Å². The van der Waals surface area contributed by atoms with Crippen LogP contribution >= 0.6 is 11.6 Å². The smallest absolute Gasteiger partial charge is 0.339 e. The number of carbonyl (C=O) groups excluding carboxylic acids is 2. The molecule has 1 fully saturated rings. The molecule has 0 amide bonds. The summed E-state index contributed by atoms with van der Waals surface area (Å²) < 4.78 is 19.2. The molecule has 4 nitrogen and oxygen atoms in total. The molecule has 0 aliphatic carbocycles. The largest absolute Gasteiger partial charge is 0.450 e. The maximum atomic E-state index is 13.1. The summed E-state index contributed by atoms with van der Waals surface area (Å²) in [5.41, 5.74) is 1.28. The molecule has 0 atom stereocenters. The van der Waals surface area contributed by atoms with Crippen LogP contribution in [0, 0.1) is 5.82 Å². The van der Waals surface area contributed by atoms with E-state index in [0.29, 0.717) is 41.8 Å². The third kappa shape index (κ3) is 5.91. The van der Waals surface area contributed by atoms with Crippen LogP contribution in [0.4, 0.5) is 4.39 Å². The van der Waals surface area contributed by atoms with Gasteiger partial charge in [0, 0.05) is 42.9 Å². The van der Waals surface area contributed by atoms with Crippen LogP contribution < -0.4 is 0 Å². The van der Waals surface area contributed by atoms with Gasteiger partial charge in [0.05, 0.1) is 5.56 Å². The van der Waals surface area contributed by atoms with Gasteiger partial charge in [-0.05, 0) is 67.1 Å². The third-order valence-corrected chi connectivity index (χ3v) is 6.63. The van der Waals surface area contributed by atoms with Crippen molar-refractivity contribution < 1.29 is 18.7 Å². The van der Waals surface area contributed by atoms with Crippen LogP contribution in [-0.4, -0.2) is 36.3 Å². The Hall–Kier alpha value is -3.02. The molecule has 3 aromatic carbocycles. The first kappa shape index (κ1) is 24.1. The second-order valence-electron chi connectivity index (χ2n) is 8.63. The number of rotatable bonds is 8. The fourth-order valence-corrected chi connectivity index (χ4v) is 4.52. The van der Waals surface area contributed by atoms with Crippen molar-refractivity contribution in [3.63, 3.8) is 0 Å². The van der Waals surface area contributed by atoms with Crippen LogP contribution in [0.3, 0.4) is 0 Å². The average Bonchev–Trinajstić information content (AvgIpc) is 2.86. The summed E-state index contributed by atoms with van der Waals surface area (Å²) in [6.45, 7) is 2.27. The summed E-state index contributed by atoms with van der Waals surface area (Å²) >= 11 is 6.09. The number of benzene rings is 3. The van der Waals surface area contributed by atoms with Crippen LogP contribution in [0.1, 0.15) is 52.0 Å². The maximum Gasteiger partial charge on any atom is 0.339 e. The van der Waals surface area contributed by atoms with Gasteiger partial charge >= 0.3 is 5.97 Å². The number of hydrogen-bond donors (Lipinski definition) is 0. The summed E-state index contributed by atoms with van der Waals surface area (Å²) in [5.74, 6) is -0.666. The topological polar surface area (TPSA) is 46.6 Å². The van der Waals surface area contributed by atoms with Crippen LogP contribution in [0.15, 0.2) is 78.9 Å². The molecular formula is C28H27ClFNO3. The number of Topliss-reactive ketones (excluding diaryl/α,β-unsaturated/α-hetero) is 1. The van der Waals surface area contributed by atoms with Crippen molar-refractivity contribution in [3.05, 3.63) is 106 Å². The molecule has 4 rings (SSSR count). The molecule has 0 spiro atoms. The number of hydrogen-bond acceptors (Lipinski definition) is 4. The number of likely N-dealkylation sites (tertiary alicyclic amines) is 1. The Labute approximate surface area is 204 Å². The first-order chi connectivity index (χ1) is 16.4. The quantitative estimate of drug-likeness (QED) is 0.281. The van der Waals surface area contributed by atoms with Crippen molar-refractivity contribution in [2.24, 2.45) is 0 Å². The molecule has 176 valence electrons. The fourth-order valence-electron chi connectivity index (χ4n) is 4.40. The molecule has 0 unspecified atom stereocenters. The van der Waals surface area contributed by atoms with Crippen molar-refractivity contribution in [2.75, 3.05) is 19.6 Å². The standard InChI is InChI=1S/C28H27ClFNO3/c29-24-12-10-23(11-13-24)28(34-27(33)22-5-2-1-3-6-22)16-19-31(20-17-28)18-4-7-26(32)21-8-14-25(30)15-9-21/h1-3,5-6,8-15H,4,7,16-20H2. The van der Waals surface area contributed by atoms with Gasteiger partial charge in [-0.15, -0.1) is 0 Å². The van der Waals surface area contributed by atoms with Gasteiger partial charge in [0.1, 0.15) is 11.4 Å². The molecule has 0 saturated carbocycles. The van der Waals surface area contributed by atoms with Crippen LogP contribution in [0.25, 0.3) is 0 Å². The number of ketones is 1. The zero-order chi connectivity index (χ0) is 24.0. The Morgan fingerprint density at radius 2 is 1.53 bits per heavy atom. The molecule has 0 N–H and O–H groups in total. The SMILES string of the molecule is O=C(CCCN1CCC(OC(=O)c2ccccc2)(c2ccc(Cl)cc2)CC1)c1ccc(F)cc1. The zero-order valence-electron chi connectivity index (χ0n) is 18.9. The zero-order valence-corrected chi connectivity index (χ0v) is 19.6. The lowest BCUT2D eigenvalue weighted by Gasteiger charge is -2.41. The predicted molar refractivity (Wildman–Crippen MR) is 131 cm³/mol. The molecule has 3 aromatic rings. The van der Waals surface area contributed by atoms with E-state index < -0.39 is 5.60 Å². The molecule has 0 bridgehead atoms. The maximum absolute atomic E-state index is 13.1. The summed E-state index contributed by atoms with van der Waals surface area (Å²) in [4.78, 5) is 27.6. The van der Waals surface area contributed by atoms with Crippen molar-refractivity contribution in [1.29, 1.82) is 0 Å². The summed E-state index contributed by atoms with van der Waals surface area (Å²) in [7, 11) is 0. The van der Waals surface area contributed by atoms with Crippen LogP contribution in [0.5, 0.6) is 0 Å². The number of ether oxygens (including phenoxy) is 1. The van der Waals surface area contributed by atoms with E-state index >= 15 is 0 Å². The van der Waals surface area contributed by atoms with E-state index in [1.165, 1.54) is 24.3 Å². The van der Waals surface area contributed by atoms with Gasteiger partial charge in [0.15, 0.2) is 5.78 Å². The number of esters is 1. The van der Waals surface area contributed by atoms with Crippen molar-refractivity contribution >= 4 is 23.4 Å². The number of halogens is 2. The van der Waals surface area contributed by atoms with Gasteiger partial charge in [-0.25, -0.2) is 9.18 Å². The highest BCUT2D eigenvalue weighted by Gasteiger charge is 2.40. The van der Waals surface area contributed by atoms with E-state index in [2.05, 4.69) is 4.90 Å². The summed E-state index contributed by atoms with van der Waals surface area (Å²) in [5, 5.41) is 0.636. The predicted octanol–water partition coefficient (Wildman–Crippen LogP) is 6.29. The molecule has 0 aromatic heterocycles. The van der Waals surface area contributed by atoms with Crippen LogP contribution in [-0.2, 0) is 10.3 Å². The van der Waals surface area contributed by atoms with Gasteiger partial charge < -0.3 is 9.64 Å². The molecule has 1 saturated heterocycles. The van der Waals surface area contributed by atoms with Crippen molar-refractivity contribution in [2.45, 2.75) is 31.3 Å². The second-order valence-corrected chi connectivity index (χ2v) is 9.07. The van der Waals surface area contributed by atoms with Gasteiger partial charge in [-0.3, -0.25) is 4.79 Å². The molecule has 34 heavy (non-hydrogen) atoms. The number of carbonyl (C=O) groups is 2. The average molecular weight is 480 g/mol. The highest BCUT2D eigenvalue weighted by molar-refractivity contribution is 6.30. The summed E-state index contributed by atoms with van der Waals surface area (Å²) in [6.07, 6.45) is 2.43. The normalized spacial score (nSPS) is 15.6. The molecule has 1 aliphatic heterocycles. The molecule has 1 heterocycles. The Kier molecular flexibility index (Phi) is 7.76. The lowest BCUT2D eigenvalue weighted by atomic mass is 9.84. The Balaban J connectivity index is 1.38. The van der Waals surface area contributed by atoms with Crippen molar-refractivity contribution in [3.8, 4) is 0 Å². The molecule has 1 aliphatic rings. The van der Waals surface area contributed by atoms with Gasteiger partial charge in [-0.2, -0.15) is 0 Å². The lowest BCUT2D eigenvalue weighted by Crippen LogP contribution is -2.45. The van der Waals surface area contributed by atoms with E-state index in [4.69, 9.17) is 16.3 Å². The molecule has 6 heteroatoms. The van der Waals surface area contributed by atoms with Gasteiger partial charge in [-0.1, -0.05) is 41.9 Å². The minimum absolute atomic E-state index is 0.0179. The van der Waals surface area contributed by atoms with E-state index in [9.17, 15) is 14.0 Å². The van der Waals surface area contributed by atoms with E-state index in [0.717, 1.165) is 25.2 Å². The number of piperidine rings is 1. The van der Waals surface area contributed by atoms with E-state index in [1.807, 2.05) is 42.5 Å². The number of nitrogens with zero attached hydrogens (tertiary/aromatic N) is 1. The Morgan fingerprint density at radius 1 is 0.882 bits per heavy atom. The van der Waals surface area contributed by atoms with Crippen molar-refractivity contribution in [1.82, 2.24) is 4.90 Å². The third-order valence-electron chi connectivity index (χ3n) is 6.38. The highest BCUT2D eigenvalue weighted by atomic mass is 35.5. The molecule has 0 radical (unpaired) electrons. The minimum Gasteiger partial charge on any atom is -0.450 e. The Bertz CT molecular complexity index is 1110. The van der Waals surface area contributed by atoms with Gasteiger partial charge in [0.2, 0.25) is 0 Å². The Morgan fingerprint density at radius 3 is 2.18 bits per heavy atom. The van der Waals surface area contributed by atoms with E-state index in [1.54, 1.807) is 12.1 Å². The van der Waals surface area contributed by atoms with E-state index in [-0.39, 0.29) is 17.6 Å². The lowest BCUT2D eigenvalue weighted by molar-refractivity contribution is -0.0555. The van der Waals surface area contributed by atoms with Crippen LogP contribution in [0.2, 0.25) is 5.02 Å². The first-order valence-electron chi connectivity index (χ1n) is 11.5. The summed E-state index contributed by atoms with van der Waals surface area (Å²) in [6, 6.07) is 22.2. The molecular weight excluding hydrogens is 453 g/mol. The first-order valence-corrected chi connectivity index (χ1v) is 11.9. The monoisotopic (exact) mass is 479 g/mol. The minimum atomic E-state index is -0.724. The second kappa shape index (κ2) is 10.9. The highest BCUT2D eigenvalue weighted by Crippen LogP contribution is 2.38.